The second-order valence-corrected chi connectivity index (χ2v) is 8.88. The molecule has 1 aliphatic rings. The molecule has 6 nitrogen and oxygen atoms in total. The lowest BCUT2D eigenvalue weighted by molar-refractivity contribution is -0.107. The second kappa shape index (κ2) is 9.66. The first-order valence-corrected chi connectivity index (χ1v) is 11.8. The minimum atomic E-state index is -0.472. The molecule has 6 heteroatoms. The van der Waals surface area contributed by atoms with Crippen molar-refractivity contribution >= 4 is 34.6 Å². The van der Waals surface area contributed by atoms with E-state index in [1.165, 1.54) is 0 Å². The largest absolute Gasteiger partial charge is 0.489 e. The summed E-state index contributed by atoms with van der Waals surface area (Å²) in [6.07, 6.45) is 0.861. The van der Waals surface area contributed by atoms with Gasteiger partial charge in [0.1, 0.15) is 24.4 Å². The van der Waals surface area contributed by atoms with E-state index in [0.717, 1.165) is 22.3 Å². The van der Waals surface area contributed by atoms with Crippen LogP contribution in [-0.4, -0.2) is 24.2 Å². The summed E-state index contributed by atoms with van der Waals surface area (Å²) in [6, 6.07) is 24.0. The zero-order valence-electron chi connectivity index (χ0n) is 20.1. The molecule has 0 atom stereocenters. The van der Waals surface area contributed by atoms with E-state index in [9.17, 15) is 14.4 Å². The van der Waals surface area contributed by atoms with Crippen LogP contribution in [0.15, 0.2) is 78.9 Å². The number of anilines is 1. The van der Waals surface area contributed by atoms with E-state index in [4.69, 9.17) is 9.47 Å². The topological polar surface area (TPSA) is 72.9 Å². The van der Waals surface area contributed by atoms with Crippen molar-refractivity contribution in [3.05, 3.63) is 101 Å². The van der Waals surface area contributed by atoms with Gasteiger partial charge in [0.25, 0.3) is 11.8 Å². The van der Waals surface area contributed by atoms with Crippen molar-refractivity contribution in [3.8, 4) is 11.5 Å². The standard InChI is InChI=1S/C30H25NO5/c1-19(2)36-28-24-11-7-6-10-23(24)27(35-18-21-8-4-3-5-9-21)25-26(28)30(34)31(29(25)33)22-14-12-20(13-15-22)16-17-32/h3-15,17,19H,16,18H2,1-2H3. The number of carbonyl (C=O) groups excluding carboxylic acids is 3. The van der Waals surface area contributed by atoms with Crippen LogP contribution in [0.5, 0.6) is 11.5 Å². The third kappa shape index (κ3) is 4.11. The van der Waals surface area contributed by atoms with Gasteiger partial charge in [-0.3, -0.25) is 9.59 Å². The average molecular weight is 480 g/mol. The van der Waals surface area contributed by atoms with Crippen LogP contribution in [0.25, 0.3) is 10.8 Å². The van der Waals surface area contributed by atoms with E-state index in [1.54, 1.807) is 24.3 Å². The van der Waals surface area contributed by atoms with Gasteiger partial charge >= 0.3 is 0 Å². The Morgan fingerprint density at radius 3 is 1.94 bits per heavy atom. The summed E-state index contributed by atoms with van der Waals surface area (Å²) in [5.41, 5.74) is 2.56. The van der Waals surface area contributed by atoms with Crippen LogP contribution in [0, 0.1) is 0 Å². The van der Waals surface area contributed by atoms with Gasteiger partial charge in [0.15, 0.2) is 0 Å². The first-order valence-electron chi connectivity index (χ1n) is 11.8. The van der Waals surface area contributed by atoms with E-state index < -0.39 is 11.8 Å². The smallest absolute Gasteiger partial charge is 0.270 e. The minimum absolute atomic E-state index is 0.197. The molecule has 0 saturated carbocycles. The molecule has 1 heterocycles. The monoisotopic (exact) mass is 479 g/mol. The third-order valence-corrected chi connectivity index (χ3v) is 6.05. The van der Waals surface area contributed by atoms with Crippen LogP contribution < -0.4 is 14.4 Å². The van der Waals surface area contributed by atoms with Crippen LogP contribution in [0.4, 0.5) is 5.69 Å². The Kier molecular flexibility index (Phi) is 6.25. The lowest BCUT2D eigenvalue weighted by Crippen LogP contribution is -2.29. The first-order chi connectivity index (χ1) is 17.5. The molecule has 1 aliphatic heterocycles. The molecule has 0 fully saturated rings. The maximum atomic E-state index is 13.8. The molecule has 0 N–H and O–H groups in total. The van der Waals surface area contributed by atoms with Crippen molar-refractivity contribution in [1.29, 1.82) is 0 Å². The summed E-state index contributed by atoms with van der Waals surface area (Å²) in [5, 5.41) is 1.41. The quantitative estimate of drug-likeness (QED) is 0.238. The fourth-order valence-electron chi connectivity index (χ4n) is 4.45. The van der Waals surface area contributed by atoms with Crippen LogP contribution >= 0.6 is 0 Å². The molecule has 5 rings (SSSR count). The second-order valence-electron chi connectivity index (χ2n) is 8.88. The number of carbonyl (C=O) groups is 3. The van der Waals surface area contributed by atoms with Crippen molar-refractivity contribution in [2.75, 3.05) is 4.90 Å². The Morgan fingerprint density at radius 2 is 1.33 bits per heavy atom. The minimum Gasteiger partial charge on any atom is -0.489 e. The molecule has 4 aromatic rings. The molecule has 0 spiro atoms. The Hall–Kier alpha value is -4.45. The van der Waals surface area contributed by atoms with Gasteiger partial charge in [0, 0.05) is 17.2 Å². The molecular formula is C30H25NO5. The third-order valence-electron chi connectivity index (χ3n) is 6.05. The fraction of sp³-hybridized carbons (Fsp3) is 0.167. The SMILES string of the molecule is CC(C)Oc1c2c(c(OCc3ccccc3)c3ccccc13)C(=O)N(c1ccc(CC=O)cc1)C2=O. The molecule has 36 heavy (non-hydrogen) atoms. The zero-order valence-corrected chi connectivity index (χ0v) is 20.1. The van der Waals surface area contributed by atoms with Crippen LogP contribution in [0.2, 0.25) is 0 Å². The summed E-state index contributed by atoms with van der Waals surface area (Å²) < 4.78 is 12.4. The summed E-state index contributed by atoms with van der Waals surface area (Å²) in [6.45, 7) is 4.00. The Bertz CT molecular complexity index is 1460. The predicted molar refractivity (Wildman–Crippen MR) is 138 cm³/mol. The lowest BCUT2D eigenvalue weighted by Gasteiger charge is -2.19. The number of hydrogen-bond donors (Lipinski definition) is 0. The van der Waals surface area contributed by atoms with E-state index >= 15 is 0 Å². The van der Waals surface area contributed by atoms with Crippen molar-refractivity contribution < 1.29 is 23.9 Å². The van der Waals surface area contributed by atoms with E-state index in [2.05, 4.69) is 0 Å². The number of hydrogen-bond acceptors (Lipinski definition) is 5. The molecule has 180 valence electrons. The van der Waals surface area contributed by atoms with E-state index in [-0.39, 0.29) is 30.3 Å². The van der Waals surface area contributed by atoms with Gasteiger partial charge in [0.2, 0.25) is 0 Å². The van der Waals surface area contributed by atoms with Gasteiger partial charge in [-0.25, -0.2) is 4.90 Å². The number of nitrogens with zero attached hydrogens (tertiary/aromatic N) is 1. The average Bonchev–Trinajstić information content (AvgIpc) is 3.14. The highest BCUT2D eigenvalue weighted by molar-refractivity contribution is 6.38. The highest BCUT2D eigenvalue weighted by Crippen LogP contribution is 2.46. The molecule has 0 aliphatic carbocycles. The van der Waals surface area contributed by atoms with Crippen LogP contribution in [0.3, 0.4) is 0 Å². The van der Waals surface area contributed by atoms with Gasteiger partial charge in [-0.2, -0.15) is 0 Å². The van der Waals surface area contributed by atoms with Crippen molar-refractivity contribution in [2.24, 2.45) is 0 Å². The summed E-state index contributed by atoms with van der Waals surface area (Å²) in [4.78, 5) is 39.7. The van der Waals surface area contributed by atoms with Gasteiger partial charge in [-0.15, -0.1) is 0 Å². The van der Waals surface area contributed by atoms with E-state index in [1.807, 2.05) is 68.4 Å². The van der Waals surface area contributed by atoms with Crippen LogP contribution in [-0.2, 0) is 17.8 Å². The maximum Gasteiger partial charge on any atom is 0.270 e. The number of imide groups is 1. The Balaban J connectivity index is 1.68. The van der Waals surface area contributed by atoms with Crippen LogP contribution in [0.1, 0.15) is 45.7 Å². The maximum absolute atomic E-state index is 13.8. The lowest BCUT2D eigenvalue weighted by atomic mass is 9.98. The Morgan fingerprint density at radius 1 is 0.750 bits per heavy atom. The van der Waals surface area contributed by atoms with Gasteiger partial charge < -0.3 is 14.3 Å². The van der Waals surface area contributed by atoms with E-state index in [0.29, 0.717) is 28.0 Å². The Labute approximate surface area is 209 Å². The number of rotatable bonds is 8. The highest BCUT2D eigenvalue weighted by Gasteiger charge is 2.43. The predicted octanol–water partition coefficient (Wildman–Crippen LogP) is 5.75. The highest BCUT2D eigenvalue weighted by atomic mass is 16.5. The molecule has 0 aromatic heterocycles. The molecule has 4 aromatic carbocycles. The number of aldehydes is 1. The van der Waals surface area contributed by atoms with Crippen molar-refractivity contribution in [1.82, 2.24) is 0 Å². The number of fused-ring (bicyclic) bond motifs is 2. The number of benzene rings is 4. The number of amides is 2. The van der Waals surface area contributed by atoms with Gasteiger partial charge in [-0.1, -0.05) is 66.7 Å². The van der Waals surface area contributed by atoms with Crippen molar-refractivity contribution in [2.45, 2.75) is 33.0 Å². The molecule has 0 unspecified atom stereocenters. The summed E-state index contributed by atoms with van der Waals surface area (Å²) in [7, 11) is 0. The summed E-state index contributed by atoms with van der Waals surface area (Å²) >= 11 is 0. The normalized spacial score (nSPS) is 12.8. The fourth-order valence-corrected chi connectivity index (χ4v) is 4.45. The van der Waals surface area contributed by atoms with Gasteiger partial charge in [0.05, 0.1) is 22.9 Å². The molecule has 0 saturated heterocycles. The molecular weight excluding hydrogens is 454 g/mol. The summed E-state index contributed by atoms with van der Waals surface area (Å²) in [5.74, 6) is -0.204. The first kappa shape index (κ1) is 23.3. The number of ether oxygens (including phenoxy) is 2. The molecule has 2 amide bonds. The van der Waals surface area contributed by atoms with Crippen molar-refractivity contribution in [3.63, 3.8) is 0 Å². The molecule has 0 radical (unpaired) electrons. The zero-order chi connectivity index (χ0) is 25.2. The molecule has 0 bridgehead atoms. The van der Waals surface area contributed by atoms with Gasteiger partial charge in [-0.05, 0) is 37.1 Å².